The van der Waals surface area contributed by atoms with E-state index in [1.165, 1.54) is 16.7 Å². The van der Waals surface area contributed by atoms with Gasteiger partial charge in [-0.2, -0.15) is 0 Å². The van der Waals surface area contributed by atoms with Gasteiger partial charge in [0.05, 0.1) is 12.3 Å². The van der Waals surface area contributed by atoms with Crippen molar-refractivity contribution in [2.45, 2.75) is 18.6 Å². The molecule has 6 nitrogen and oxygen atoms in total. The van der Waals surface area contributed by atoms with Gasteiger partial charge in [0.2, 0.25) is 11.8 Å². The highest BCUT2D eigenvalue weighted by Crippen LogP contribution is 2.31. The van der Waals surface area contributed by atoms with Crippen molar-refractivity contribution < 1.29 is 14.3 Å². The molecular weight excluding hydrogens is 398 g/mol. The molecule has 1 saturated heterocycles. The molecule has 1 aliphatic heterocycles. The number of carbonyl (C=O) groups is 2. The summed E-state index contributed by atoms with van der Waals surface area (Å²) in [5.74, 6) is 0.377. The molecule has 8 heteroatoms. The van der Waals surface area contributed by atoms with Gasteiger partial charge in [-0.15, -0.1) is 0 Å². The molecule has 3 rings (SSSR count). The maximum atomic E-state index is 12.5. The fraction of sp³-hybridized carbons (Fsp3) is 0.250. The molecular formula is C20H20ClN3O3S. The zero-order valence-corrected chi connectivity index (χ0v) is 17.1. The van der Waals surface area contributed by atoms with Gasteiger partial charge in [0, 0.05) is 24.2 Å². The molecule has 1 N–H and O–H groups in total. The lowest BCUT2D eigenvalue weighted by Crippen LogP contribution is -2.30. The number of halogens is 1. The lowest BCUT2D eigenvalue weighted by atomic mass is 10.2. The number of hydrogen-bond donors (Lipinski definition) is 1. The third-order valence-electron chi connectivity index (χ3n) is 4.01. The number of benzene rings is 2. The van der Waals surface area contributed by atoms with Gasteiger partial charge in [0.1, 0.15) is 11.0 Å². The Morgan fingerprint density at radius 2 is 1.89 bits per heavy atom. The lowest BCUT2D eigenvalue weighted by molar-refractivity contribution is -0.127. The van der Waals surface area contributed by atoms with Gasteiger partial charge in [0.15, 0.2) is 5.17 Å². The highest BCUT2D eigenvalue weighted by molar-refractivity contribution is 8.15. The molecule has 1 fully saturated rings. The number of nitrogens with one attached hydrogen (secondary N) is 1. The summed E-state index contributed by atoms with van der Waals surface area (Å²) in [5.41, 5.74) is 1.36. The fourth-order valence-electron chi connectivity index (χ4n) is 2.60. The van der Waals surface area contributed by atoms with Crippen molar-refractivity contribution in [2.24, 2.45) is 4.99 Å². The second-order valence-corrected chi connectivity index (χ2v) is 7.69. The molecule has 1 heterocycles. The minimum absolute atomic E-state index is 0.0701. The first-order chi connectivity index (χ1) is 13.5. The summed E-state index contributed by atoms with van der Waals surface area (Å²) in [4.78, 5) is 30.8. The summed E-state index contributed by atoms with van der Waals surface area (Å²) in [6, 6.07) is 14.2. The van der Waals surface area contributed by atoms with Crippen LogP contribution in [0.3, 0.4) is 0 Å². The maximum Gasteiger partial charge on any atom is 0.242 e. The van der Waals surface area contributed by atoms with Crippen LogP contribution in [-0.2, 0) is 9.59 Å². The van der Waals surface area contributed by atoms with Crippen LogP contribution >= 0.6 is 23.4 Å². The molecule has 2 amide bonds. The van der Waals surface area contributed by atoms with Crippen LogP contribution in [0.15, 0.2) is 53.5 Å². The summed E-state index contributed by atoms with van der Waals surface area (Å²) in [7, 11) is 1.66. The van der Waals surface area contributed by atoms with Crippen LogP contribution in [0.1, 0.15) is 13.3 Å². The number of anilines is 1. The first kappa shape index (κ1) is 20.2. The van der Waals surface area contributed by atoms with Crippen molar-refractivity contribution in [3.63, 3.8) is 0 Å². The van der Waals surface area contributed by atoms with E-state index in [-0.39, 0.29) is 18.2 Å². The molecule has 0 bridgehead atoms. The van der Waals surface area contributed by atoms with E-state index in [1.807, 2.05) is 6.92 Å². The summed E-state index contributed by atoms with van der Waals surface area (Å²) in [6.45, 7) is 2.49. The van der Waals surface area contributed by atoms with Crippen LogP contribution in [0.2, 0.25) is 5.02 Å². The number of carbonyl (C=O) groups excluding carboxylic acids is 2. The number of nitrogens with zero attached hydrogens (tertiary/aromatic N) is 2. The fourth-order valence-corrected chi connectivity index (χ4v) is 3.89. The van der Waals surface area contributed by atoms with E-state index >= 15 is 0 Å². The van der Waals surface area contributed by atoms with E-state index in [0.29, 0.717) is 28.2 Å². The first-order valence-corrected chi connectivity index (χ1v) is 10.0. The predicted molar refractivity (Wildman–Crippen MR) is 114 cm³/mol. The standard InChI is InChI=1S/C20H20ClN3O3S/c1-3-27-16-10-8-14(9-11-16)22-18(25)12-17-19(26)24(2)20(28-17)23-15-6-4-13(21)5-7-15/h4-11,17H,3,12H2,1-2H3,(H,22,25)/t17-/m0/s1. The Kier molecular flexibility index (Phi) is 6.59. The molecule has 28 heavy (non-hydrogen) atoms. The first-order valence-electron chi connectivity index (χ1n) is 8.77. The Morgan fingerprint density at radius 1 is 1.21 bits per heavy atom. The number of thioether (sulfide) groups is 1. The molecule has 2 aromatic rings. The summed E-state index contributed by atoms with van der Waals surface area (Å²) < 4.78 is 5.38. The second kappa shape index (κ2) is 9.12. The zero-order valence-electron chi connectivity index (χ0n) is 15.5. The van der Waals surface area contributed by atoms with Crippen molar-refractivity contribution in [1.29, 1.82) is 0 Å². The van der Waals surface area contributed by atoms with Gasteiger partial charge in [-0.3, -0.25) is 14.5 Å². The smallest absolute Gasteiger partial charge is 0.242 e. The molecule has 0 saturated carbocycles. The van der Waals surface area contributed by atoms with Crippen LogP contribution in [0, 0.1) is 0 Å². The minimum Gasteiger partial charge on any atom is -0.494 e. The Morgan fingerprint density at radius 3 is 2.54 bits per heavy atom. The summed E-state index contributed by atoms with van der Waals surface area (Å²) in [6.07, 6.45) is 0.0701. The van der Waals surface area contributed by atoms with Crippen molar-refractivity contribution in [3.05, 3.63) is 53.6 Å². The van der Waals surface area contributed by atoms with Gasteiger partial charge in [-0.25, -0.2) is 4.99 Å². The molecule has 146 valence electrons. The van der Waals surface area contributed by atoms with Gasteiger partial charge < -0.3 is 10.1 Å². The molecule has 2 aromatic carbocycles. The summed E-state index contributed by atoms with van der Waals surface area (Å²) in [5, 5.41) is 3.49. The molecule has 1 atom stereocenters. The second-order valence-electron chi connectivity index (χ2n) is 6.08. The van der Waals surface area contributed by atoms with Crippen LogP contribution in [0.5, 0.6) is 5.75 Å². The molecule has 0 unspecified atom stereocenters. The van der Waals surface area contributed by atoms with Crippen LogP contribution in [-0.4, -0.2) is 40.8 Å². The van der Waals surface area contributed by atoms with E-state index in [0.717, 1.165) is 5.75 Å². The van der Waals surface area contributed by atoms with Crippen LogP contribution in [0.25, 0.3) is 0 Å². The van der Waals surface area contributed by atoms with E-state index in [2.05, 4.69) is 10.3 Å². The van der Waals surface area contributed by atoms with Gasteiger partial charge in [-0.1, -0.05) is 23.4 Å². The van der Waals surface area contributed by atoms with Crippen LogP contribution in [0.4, 0.5) is 11.4 Å². The number of amides is 2. The Labute approximate surface area is 172 Å². The van der Waals surface area contributed by atoms with Crippen LogP contribution < -0.4 is 10.1 Å². The van der Waals surface area contributed by atoms with E-state index < -0.39 is 5.25 Å². The molecule has 0 spiro atoms. The SMILES string of the molecule is CCOc1ccc(NC(=O)C[C@@H]2SC(=Nc3ccc(Cl)cc3)N(C)C2=O)cc1. The largest absolute Gasteiger partial charge is 0.494 e. The van der Waals surface area contributed by atoms with Gasteiger partial charge in [0.25, 0.3) is 0 Å². The Hall–Kier alpha value is -2.51. The quantitative estimate of drug-likeness (QED) is 0.759. The number of rotatable bonds is 6. The molecule has 0 aromatic heterocycles. The number of ether oxygens (including phenoxy) is 1. The van der Waals surface area contributed by atoms with Crippen molar-refractivity contribution in [1.82, 2.24) is 4.90 Å². The topological polar surface area (TPSA) is 71.0 Å². The minimum atomic E-state index is -0.501. The van der Waals surface area contributed by atoms with Crippen molar-refractivity contribution >= 4 is 51.7 Å². The average Bonchev–Trinajstić information content (AvgIpc) is 2.93. The van der Waals surface area contributed by atoms with Gasteiger partial charge in [-0.05, 0) is 55.5 Å². The highest BCUT2D eigenvalue weighted by Gasteiger charge is 2.36. The predicted octanol–water partition coefficient (Wildman–Crippen LogP) is 4.33. The van der Waals surface area contributed by atoms with E-state index in [9.17, 15) is 9.59 Å². The molecule has 0 radical (unpaired) electrons. The third kappa shape index (κ3) is 5.05. The van der Waals surface area contributed by atoms with Gasteiger partial charge >= 0.3 is 0 Å². The monoisotopic (exact) mass is 417 g/mol. The Bertz CT molecular complexity index is 885. The van der Waals surface area contributed by atoms with E-state index in [1.54, 1.807) is 55.6 Å². The number of amidine groups is 1. The number of aliphatic imine (C=N–C) groups is 1. The maximum absolute atomic E-state index is 12.5. The highest BCUT2D eigenvalue weighted by atomic mass is 35.5. The molecule has 1 aliphatic rings. The van der Waals surface area contributed by atoms with E-state index in [4.69, 9.17) is 16.3 Å². The summed E-state index contributed by atoms with van der Waals surface area (Å²) >= 11 is 7.17. The van der Waals surface area contributed by atoms with Crippen molar-refractivity contribution in [2.75, 3.05) is 19.0 Å². The third-order valence-corrected chi connectivity index (χ3v) is 5.49. The number of hydrogen-bond acceptors (Lipinski definition) is 5. The molecule has 0 aliphatic carbocycles. The van der Waals surface area contributed by atoms with Crippen molar-refractivity contribution in [3.8, 4) is 5.75 Å². The normalized spacial score (nSPS) is 17.8. The zero-order chi connectivity index (χ0) is 20.1. The Balaban J connectivity index is 1.61. The average molecular weight is 418 g/mol. The lowest BCUT2D eigenvalue weighted by Gasteiger charge is -2.10.